The highest BCUT2D eigenvalue weighted by Gasteiger charge is 2.24. The third kappa shape index (κ3) is 3.83. The second-order valence-corrected chi connectivity index (χ2v) is 4.84. The van der Waals surface area contributed by atoms with Gasteiger partial charge in [0.2, 0.25) is 0 Å². The largest absolute Gasteiger partial charge is 0.349 e. The van der Waals surface area contributed by atoms with Crippen molar-refractivity contribution in [2.24, 2.45) is 5.84 Å². The minimum absolute atomic E-state index is 0.00611. The molecule has 1 unspecified atom stereocenters. The first kappa shape index (κ1) is 15.3. The van der Waals surface area contributed by atoms with E-state index in [1.54, 1.807) is 11.8 Å². The summed E-state index contributed by atoms with van der Waals surface area (Å²) in [6, 6.07) is 4.31. The number of nitrogens with zero attached hydrogens (tertiary/aromatic N) is 1. The smallest absolute Gasteiger partial charge is 0.306 e. The van der Waals surface area contributed by atoms with Crippen molar-refractivity contribution in [3.63, 3.8) is 0 Å². The second-order valence-electron chi connectivity index (χ2n) is 3.93. The number of amides is 1. The number of nitrogens with one attached hydrogen (secondary N) is 2. The Labute approximate surface area is 115 Å². The van der Waals surface area contributed by atoms with Crippen LogP contribution in [0.2, 0.25) is 0 Å². The predicted molar refractivity (Wildman–Crippen MR) is 76.2 cm³/mol. The molecule has 7 nitrogen and oxygen atoms in total. The molecule has 0 fully saturated rings. The number of nitrogen functional groups attached to an aromatic ring is 1. The summed E-state index contributed by atoms with van der Waals surface area (Å²) < 4.78 is 0. The summed E-state index contributed by atoms with van der Waals surface area (Å²) >= 11 is 1.58. The second kappa shape index (κ2) is 6.95. The molecule has 0 saturated heterocycles. The van der Waals surface area contributed by atoms with Crippen LogP contribution in [-0.4, -0.2) is 28.9 Å². The van der Waals surface area contributed by atoms with Crippen LogP contribution in [0, 0.1) is 10.1 Å². The fourth-order valence-electron chi connectivity index (χ4n) is 1.63. The number of nitrogens with two attached hydrogens (primary N) is 1. The normalized spacial score (nSPS) is 11.7. The maximum atomic E-state index is 12.0. The van der Waals surface area contributed by atoms with Crippen molar-refractivity contribution < 1.29 is 9.72 Å². The van der Waals surface area contributed by atoms with E-state index in [9.17, 15) is 14.9 Å². The topological polar surface area (TPSA) is 110 Å². The monoisotopic (exact) mass is 284 g/mol. The molecule has 0 radical (unpaired) electrons. The fraction of sp³-hybridized carbons (Fsp3) is 0.364. The number of hydrogen-bond acceptors (Lipinski definition) is 6. The zero-order valence-electron chi connectivity index (χ0n) is 10.7. The first-order valence-corrected chi connectivity index (χ1v) is 6.94. The minimum Gasteiger partial charge on any atom is -0.349 e. The van der Waals surface area contributed by atoms with E-state index >= 15 is 0 Å². The molecule has 0 aliphatic heterocycles. The summed E-state index contributed by atoms with van der Waals surface area (Å²) in [6.07, 6.45) is 1.92. The van der Waals surface area contributed by atoms with Gasteiger partial charge in [-0.15, -0.1) is 0 Å². The summed E-state index contributed by atoms with van der Waals surface area (Å²) in [5, 5.41) is 13.8. The first-order chi connectivity index (χ1) is 9.01. The predicted octanol–water partition coefficient (Wildman–Crippen LogP) is 1.36. The van der Waals surface area contributed by atoms with Gasteiger partial charge in [-0.1, -0.05) is 6.07 Å². The number of thioether (sulfide) groups is 1. The number of benzene rings is 1. The molecule has 0 aromatic heterocycles. The molecule has 0 heterocycles. The van der Waals surface area contributed by atoms with Gasteiger partial charge in [-0.25, -0.2) is 0 Å². The lowest BCUT2D eigenvalue weighted by atomic mass is 10.1. The Morgan fingerprint density at radius 3 is 2.79 bits per heavy atom. The van der Waals surface area contributed by atoms with Gasteiger partial charge in [-0.3, -0.25) is 20.8 Å². The summed E-state index contributed by atoms with van der Waals surface area (Å²) in [4.78, 5) is 22.5. The lowest BCUT2D eigenvalue weighted by Gasteiger charge is -2.13. The van der Waals surface area contributed by atoms with Crippen LogP contribution in [0.3, 0.4) is 0 Å². The number of carbonyl (C=O) groups excluding carboxylic acids is 1. The lowest BCUT2D eigenvalue weighted by Crippen LogP contribution is -2.34. The van der Waals surface area contributed by atoms with E-state index < -0.39 is 10.8 Å². The molecule has 19 heavy (non-hydrogen) atoms. The fourth-order valence-corrected chi connectivity index (χ4v) is 2.22. The molecule has 1 amide bonds. The first-order valence-electron chi connectivity index (χ1n) is 5.55. The van der Waals surface area contributed by atoms with Crippen molar-refractivity contribution in [2.75, 3.05) is 17.4 Å². The molecule has 1 aromatic rings. The van der Waals surface area contributed by atoms with E-state index in [4.69, 9.17) is 5.84 Å². The standard InChI is InChI=1S/C11H16N4O3S/c1-7(6-19-2)13-11(16)8-4-3-5-9(14-12)10(8)15(17)18/h3-5,7,14H,6,12H2,1-2H3,(H,13,16). The molecular weight excluding hydrogens is 268 g/mol. The lowest BCUT2D eigenvalue weighted by molar-refractivity contribution is -0.384. The van der Waals surface area contributed by atoms with E-state index in [1.807, 2.05) is 13.2 Å². The number of hydrazine groups is 1. The molecule has 1 rings (SSSR count). The van der Waals surface area contributed by atoms with Crippen molar-refractivity contribution in [3.05, 3.63) is 33.9 Å². The average molecular weight is 284 g/mol. The molecule has 1 atom stereocenters. The van der Waals surface area contributed by atoms with Crippen LogP contribution < -0.4 is 16.6 Å². The number of anilines is 1. The van der Waals surface area contributed by atoms with Gasteiger partial charge >= 0.3 is 5.69 Å². The highest BCUT2D eigenvalue weighted by Crippen LogP contribution is 2.27. The zero-order valence-corrected chi connectivity index (χ0v) is 11.5. The van der Waals surface area contributed by atoms with Gasteiger partial charge in [0, 0.05) is 11.8 Å². The molecule has 8 heteroatoms. The minimum atomic E-state index is -0.622. The van der Waals surface area contributed by atoms with Crippen LogP contribution in [0.4, 0.5) is 11.4 Å². The van der Waals surface area contributed by atoms with Crippen LogP contribution in [0.25, 0.3) is 0 Å². The van der Waals surface area contributed by atoms with Crippen molar-refractivity contribution >= 4 is 29.0 Å². The van der Waals surface area contributed by atoms with Crippen molar-refractivity contribution in [2.45, 2.75) is 13.0 Å². The van der Waals surface area contributed by atoms with Crippen LogP contribution >= 0.6 is 11.8 Å². The summed E-state index contributed by atoms with van der Waals surface area (Å²) in [6.45, 7) is 1.84. The Bertz CT molecular complexity index is 481. The van der Waals surface area contributed by atoms with E-state index in [1.165, 1.54) is 18.2 Å². The molecule has 0 saturated carbocycles. The third-order valence-corrected chi connectivity index (χ3v) is 3.25. The number of carbonyl (C=O) groups is 1. The van der Waals surface area contributed by atoms with Gasteiger partial charge in [-0.2, -0.15) is 11.8 Å². The van der Waals surface area contributed by atoms with Gasteiger partial charge < -0.3 is 10.7 Å². The Kier molecular flexibility index (Phi) is 5.58. The van der Waals surface area contributed by atoms with Gasteiger partial charge in [-0.05, 0) is 25.3 Å². The maximum Gasteiger partial charge on any atom is 0.306 e. The molecule has 0 aliphatic rings. The summed E-state index contributed by atoms with van der Waals surface area (Å²) in [5.41, 5.74) is 2.00. The van der Waals surface area contributed by atoms with E-state index in [-0.39, 0.29) is 23.0 Å². The Morgan fingerprint density at radius 2 is 2.26 bits per heavy atom. The molecule has 0 bridgehead atoms. The number of hydrogen-bond donors (Lipinski definition) is 3. The molecule has 0 spiro atoms. The molecule has 4 N–H and O–H groups in total. The Morgan fingerprint density at radius 1 is 1.58 bits per heavy atom. The zero-order chi connectivity index (χ0) is 14.4. The van der Waals surface area contributed by atoms with Gasteiger partial charge in [0.1, 0.15) is 11.3 Å². The Balaban J connectivity index is 3.06. The van der Waals surface area contributed by atoms with Crippen LogP contribution in [0.1, 0.15) is 17.3 Å². The number of rotatable bonds is 6. The maximum absolute atomic E-state index is 12.0. The summed E-state index contributed by atoms with van der Waals surface area (Å²) in [7, 11) is 0. The Hall–Kier alpha value is -1.80. The molecule has 1 aromatic carbocycles. The van der Waals surface area contributed by atoms with Gasteiger partial charge in [0.25, 0.3) is 5.91 Å². The number of nitro groups is 1. The van der Waals surface area contributed by atoms with Gasteiger partial charge in [0.15, 0.2) is 0 Å². The molecule has 0 aliphatic carbocycles. The van der Waals surface area contributed by atoms with E-state index in [0.717, 1.165) is 5.75 Å². The quantitative estimate of drug-likeness (QED) is 0.413. The van der Waals surface area contributed by atoms with Gasteiger partial charge in [0.05, 0.1) is 4.92 Å². The third-order valence-electron chi connectivity index (χ3n) is 2.41. The van der Waals surface area contributed by atoms with E-state index in [0.29, 0.717) is 0 Å². The molecule has 104 valence electrons. The average Bonchev–Trinajstić information content (AvgIpc) is 2.37. The number of para-hydroxylation sites is 1. The van der Waals surface area contributed by atoms with Crippen molar-refractivity contribution in [1.82, 2.24) is 5.32 Å². The highest BCUT2D eigenvalue weighted by molar-refractivity contribution is 7.98. The number of nitro benzene ring substituents is 1. The van der Waals surface area contributed by atoms with E-state index in [2.05, 4.69) is 10.7 Å². The van der Waals surface area contributed by atoms with Crippen LogP contribution in [0.5, 0.6) is 0 Å². The SMILES string of the molecule is CSCC(C)NC(=O)c1cccc(NN)c1[N+](=O)[O-]. The van der Waals surface area contributed by atoms with Crippen molar-refractivity contribution in [3.8, 4) is 0 Å². The molecular formula is C11H16N4O3S. The highest BCUT2D eigenvalue weighted by atomic mass is 32.2. The van der Waals surface area contributed by atoms with Crippen LogP contribution in [0.15, 0.2) is 18.2 Å². The van der Waals surface area contributed by atoms with Crippen LogP contribution in [-0.2, 0) is 0 Å². The van der Waals surface area contributed by atoms with Crippen molar-refractivity contribution in [1.29, 1.82) is 0 Å². The summed E-state index contributed by atoms with van der Waals surface area (Å²) in [5.74, 6) is 5.47.